The Morgan fingerprint density at radius 1 is 1.19 bits per heavy atom. The fourth-order valence-corrected chi connectivity index (χ4v) is 1.91. The molecule has 0 saturated carbocycles. The summed E-state index contributed by atoms with van der Waals surface area (Å²) in [6, 6.07) is 7.96. The Morgan fingerprint density at radius 2 is 2.05 bits per heavy atom. The van der Waals surface area contributed by atoms with Crippen LogP contribution in [0.2, 0.25) is 0 Å². The molecule has 0 spiro atoms. The highest BCUT2D eigenvalue weighted by Crippen LogP contribution is 2.15. The van der Waals surface area contributed by atoms with Gasteiger partial charge in [0.1, 0.15) is 5.69 Å². The fraction of sp³-hybridized carbons (Fsp3) is 0. The zero-order chi connectivity index (χ0) is 14.8. The van der Waals surface area contributed by atoms with Crippen molar-refractivity contribution in [3.05, 3.63) is 54.0 Å². The maximum absolute atomic E-state index is 12.1. The number of anilines is 1. The Labute approximate surface area is 118 Å². The van der Waals surface area contributed by atoms with Crippen molar-refractivity contribution in [2.24, 2.45) is 0 Å². The number of fused-ring (bicyclic) bond motifs is 1. The van der Waals surface area contributed by atoms with E-state index in [4.69, 9.17) is 5.11 Å². The largest absolute Gasteiger partial charge is 0.477 e. The van der Waals surface area contributed by atoms with E-state index in [9.17, 15) is 9.59 Å². The summed E-state index contributed by atoms with van der Waals surface area (Å²) in [5.41, 5.74) is 1.44. The van der Waals surface area contributed by atoms with Gasteiger partial charge in [0.05, 0.1) is 11.7 Å². The van der Waals surface area contributed by atoms with Crippen LogP contribution in [0.1, 0.15) is 20.8 Å². The van der Waals surface area contributed by atoms with Gasteiger partial charge in [0.15, 0.2) is 0 Å². The lowest BCUT2D eigenvalue weighted by Crippen LogP contribution is -2.12. The van der Waals surface area contributed by atoms with E-state index < -0.39 is 5.97 Å². The molecular formula is C14H10N4O3. The summed E-state index contributed by atoms with van der Waals surface area (Å²) >= 11 is 0. The maximum Gasteiger partial charge on any atom is 0.354 e. The second-order valence-electron chi connectivity index (χ2n) is 4.36. The average Bonchev–Trinajstić information content (AvgIpc) is 2.94. The van der Waals surface area contributed by atoms with E-state index in [2.05, 4.69) is 20.5 Å². The average molecular weight is 282 g/mol. The van der Waals surface area contributed by atoms with Crippen LogP contribution >= 0.6 is 0 Å². The number of carboxylic acid groups (broad SMARTS) is 1. The number of H-pyrrole nitrogens is 1. The fourth-order valence-electron chi connectivity index (χ4n) is 1.91. The summed E-state index contributed by atoms with van der Waals surface area (Å²) in [5.74, 6) is -1.49. The van der Waals surface area contributed by atoms with Crippen LogP contribution < -0.4 is 5.32 Å². The lowest BCUT2D eigenvalue weighted by molar-refractivity contribution is 0.0690. The number of rotatable bonds is 3. The number of nitrogens with zero attached hydrogens (tertiary/aromatic N) is 2. The van der Waals surface area contributed by atoms with E-state index in [1.54, 1.807) is 24.4 Å². The second kappa shape index (κ2) is 5.04. The molecule has 1 amide bonds. The van der Waals surface area contributed by atoms with Crippen molar-refractivity contribution in [3.63, 3.8) is 0 Å². The number of carbonyl (C=O) groups excluding carboxylic acids is 1. The minimum Gasteiger partial charge on any atom is -0.477 e. The molecule has 2 aromatic heterocycles. The van der Waals surface area contributed by atoms with Gasteiger partial charge in [0.25, 0.3) is 5.91 Å². The van der Waals surface area contributed by atoms with Crippen molar-refractivity contribution >= 4 is 28.5 Å². The van der Waals surface area contributed by atoms with E-state index in [-0.39, 0.29) is 11.6 Å². The van der Waals surface area contributed by atoms with Gasteiger partial charge in [0.2, 0.25) is 0 Å². The van der Waals surface area contributed by atoms with E-state index in [0.717, 1.165) is 10.9 Å². The lowest BCUT2D eigenvalue weighted by Gasteiger charge is -2.05. The van der Waals surface area contributed by atoms with Crippen molar-refractivity contribution in [2.75, 3.05) is 5.32 Å². The molecule has 3 rings (SSSR count). The number of carboxylic acids is 1. The van der Waals surface area contributed by atoms with Gasteiger partial charge in [-0.1, -0.05) is 6.07 Å². The summed E-state index contributed by atoms with van der Waals surface area (Å²) in [6.45, 7) is 0. The summed E-state index contributed by atoms with van der Waals surface area (Å²) in [6.07, 6.45) is 3.00. The van der Waals surface area contributed by atoms with Crippen LogP contribution in [0.3, 0.4) is 0 Å². The minimum absolute atomic E-state index is 0.128. The topological polar surface area (TPSA) is 108 Å². The molecule has 0 aliphatic carbocycles. The highest BCUT2D eigenvalue weighted by molar-refractivity contribution is 6.06. The molecule has 0 aliphatic heterocycles. The SMILES string of the molecule is O=C(Nc1ccnc(C(=O)O)c1)c1ccc2cn[nH]c2c1. The van der Waals surface area contributed by atoms with E-state index in [1.165, 1.54) is 18.3 Å². The van der Waals surface area contributed by atoms with Gasteiger partial charge in [-0.25, -0.2) is 9.78 Å². The van der Waals surface area contributed by atoms with Crippen LogP contribution in [0.4, 0.5) is 5.69 Å². The third-order valence-electron chi connectivity index (χ3n) is 2.94. The molecule has 0 atom stereocenters. The van der Waals surface area contributed by atoms with Gasteiger partial charge in [-0.05, 0) is 24.3 Å². The second-order valence-corrected chi connectivity index (χ2v) is 4.36. The Hall–Kier alpha value is -3.22. The predicted molar refractivity (Wildman–Crippen MR) is 75.2 cm³/mol. The van der Waals surface area contributed by atoms with Crippen molar-refractivity contribution < 1.29 is 14.7 Å². The number of benzene rings is 1. The van der Waals surface area contributed by atoms with Crippen molar-refractivity contribution in [3.8, 4) is 0 Å². The summed E-state index contributed by atoms with van der Waals surface area (Å²) in [5, 5.41) is 19.1. The number of pyridine rings is 1. The number of carbonyl (C=O) groups is 2. The summed E-state index contributed by atoms with van der Waals surface area (Å²) < 4.78 is 0. The predicted octanol–water partition coefficient (Wildman–Crippen LogP) is 1.91. The van der Waals surface area contributed by atoms with E-state index in [0.29, 0.717) is 11.3 Å². The van der Waals surface area contributed by atoms with E-state index >= 15 is 0 Å². The first-order chi connectivity index (χ1) is 10.1. The molecule has 21 heavy (non-hydrogen) atoms. The van der Waals surface area contributed by atoms with Gasteiger partial charge >= 0.3 is 5.97 Å². The van der Waals surface area contributed by atoms with Gasteiger partial charge in [-0.3, -0.25) is 9.89 Å². The van der Waals surface area contributed by atoms with Gasteiger partial charge in [0, 0.05) is 22.8 Å². The third kappa shape index (κ3) is 2.57. The monoisotopic (exact) mass is 282 g/mol. The summed E-state index contributed by atoms with van der Waals surface area (Å²) in [7, 11) is 0. The molecule has 0 fully saturated rings. The first kappa shape index (κ1) is 12.8. The van der Waals surface area contributed by atoms with Crippen LogP contribution in [0.15, 0.2) is 42.7 Å². The van der Waals surface area contributed by atoms with Gasteiger partial charge in [-0.2, -0.15) is 5.10 Å². The molecule has 3 N–H and O–H groups in total. The summed E-state index contributed by atoms with van der Waals surface area (Å²) in [4.78, 5) is 26.7. The van der Waals surface area contributed by atoms with Crippen molar-refractivity contribution in [1.82, 2.24) is 15.2 Å². The Kier molecular flexibility index (Phi) is 3.07. The highest BCUT2D eigenvalue weighted by Gasteiger charge is 2.10. The number of hydrogen-bond acceptors (Lipinski definition) is 4. The van der Waals surface area contributed by atoms with Crippen LogP contribution in [0.25, 0.3) is 10.9 Å². The van der Waals surface area contributed by atoms with Crippen molar-refractivity contribution in [2.45, 2.75) is 0 Å². The Morgan fingerprint density at radius 3 is 2.86 bits per heavy atom. The number of nitrogens with one attached hydrogen (secondary N) is 2. The molecule has 7 heteroatoms. The highest BCUT2D eigenvalue weighted by atomic mass is 16.4. The van der Waals surface area contributed by atoms with Gasteiger partial charge < -0.3 is 10.4 Å². The smallest absolute Gasteiger partial charge is 0.354 e. The lowest BCUT2D eigenvalue weighted by atomic mass is 10.1. The third-order valence-corrected chi connectivity index (χ3v) is 2.94. The zero-order valence-electron chi connectivity index (χ0n) is 10.7. The molecule has 0 saturated heterocycles. The first-order valence-corrected chi connectivity index (χ1v) is 6.07. The van der Waals surface area contributed by atoms with E-state index in [1.807, 2.05) is 0 Å². The molecule has 0 aliphatic rings. The number of hydrogen-bond donors (Lipinski definition) is 3. The minimum atomic E-state index is -1.15. The number of aromatic nitrogens is 3. The number of aromatic amines is 1. The number of aromatic carboxylic acids is 1. The molecule has 0 radical (unpaired) electrons. The molecular weight excluding hydrogens is 272 g/mol. The molecule has 0 bridgehead atoms. The molecule has 3 aromatic rings. The Balaban J connectivity index is 1.85. The van der Waals surface area contributed by atoms with Crippen LogP contribution in [-0.2, 0) is 0 Å². The van der Waals surface area contributed by atoms with Crippen LogP contribution in [-0.4, -0.2) is 32.2 Å². The van der Waals surface area contributed by atoms with Gasteiger partial charge in [-0.15, -0.1) is 0 Å². The maximum atomic E-state index is 12.1. The normalized spacial score (nSPS) is 10.5. The van der Waals surface area contributed by atoms with Crippen LogP contribution in [0.5, 0.6) is 0 Å². The first-order valence-electron chi connectivity index (χ1n) is 6.07. The molecule has 2 heterocycles. The van der Waals surface area contributed by atoms with Crippen LogP contribution in [0, 0.1) is 0 Å². The zero-order valence-corrected chi connectivity index (χ0v) is 10.7. The Bertz CT molecular complexity index is 841. The molecule has 104 valence electrons. The molecule has 0 unspecified atom stereocenters. The quantitative estimate of drug-likeness (QED) is 0.680. The molecule has 1 aromatic carbocycles. The molecule has 7 nitrogen and oxygen atoms in total. The standard InChI is InChI=1S/C14H10N4O3/c19-13(8-1-2-9-7-16-18-11(9)5-8)17-10-3-4-15-12(6-10)14(20)21/h1-7H,(H,16,18)(H,20,21)(H,15,17,19). The van der Waals surface area contributed by atoms with Crippen molar-refractivity contribution in [1.29, 1.82) is 0 Å². The number of amides is 1.